The lowest BCUT2D eigenvalue weighted by Crippen LogP contribution is -2.15. The van der Waals surface area contributed by atoms with E-state index < -0.39 is 0 Å². The predicted octanol–water partition coefficient (Wildman–Crippen LogP) is 3.25. The van der Waals surface area contributed by atoms with E-state index in [1.165, 1.54) is 44.9 Å². The Bertz CT molecular complexity index is 379. The van der Waals surface area contributed by atoms with Gasteiger partial charge >= 0.3 is 0 Å². The maximum atomic E-state index is 9.42. The van der Waals surface area contributed by atoms with Crippen molar-refractivity contribution >= 4 is 0 Å². The molecule has 1 aliphatic carbocycles. The molecule has 0 unspecified atom stereocenters. The van der Waals surface area contributed by atoms with E-state index in [4.69, 9.17) is 0 Å². The highest BCUT2D eigenvalue weighted by molar-refractivity contribution is 5.02. The van der Waals surface area contributed by atoms with Gasteiger partial charge in [-0.05, 0) is 18.8 Å². The van der Waals surface area contributed by atoms with Gasteiger partial charge in [0.1, 0.15) is 12.4 Å². The molecule has 1 N–H and O–H groups in total. The molecule has 1 saturated carbocycles. The van der Waals surface area contributed by atoms with Crippen LogP contribution in [0.4, 0.5) is 0 Å². The Morgan fingerprint density at radius 2 is 1.74 bits per heavy atom. The lowest BCUT2D eigenvalue weighted by Gasteiger charge is -2.21. The van der Waals surface area contributed by atoms with Crippen LogP contribution in [0.25, 0.3) is 0 Å². The summed E-state index contributed by atoms with van der Waals surface area (Å²) < 4.78 is 2.16. The lowest BCUT2D eigenvalue weighted by atomic mass is 9.90. The Morgan fingerprint density at radius 3 is 2.32 bits per heavy atom. The summed E-state index contributed by atoms with van der Waals surface area (Å²) >= 11 is 0. The maximum absolute atomic E-state index is 9.42. The quantitative estimate of drug-likeness (QED) is 0.909. The van der Waals surface area contributed by atoms with Gasteiger partial charge in [0.25, 0.3) is 0 Å². The highest BCUT2D eigenvalue weighted by atomic mass is 16.3. The van der Waals surface area contributed by atoms with Crippen LogP contribution < -0.4 is 0 Å². The zero-order valence-electron chi connectivity index (χ0n) is 12.3. The van der Waals surface area contributed by atoms with Gasteiger partial charge in [0.15, 0.2) is 5.82 Å². The van der Waals surface area contributed by atoms with Crippen molar-refractivity contribution in [2.75, 3.05) is 0 Å². The summed E-state index contributed by atoms with van der Waals surface area (Å²) in [6.45, 7) is 5.30. The third-order valence-corrected chi connectivity index (χ3v) is 4.02. The molecule has 19 heavy (non-hydrogen) atoms. The molecule has 0 aromatic carbocycles. The minimum atomic E-state index is -0.00750. The molecule has 0 radical (unpaired) electrons. The van der Waals surface area contributed by atoms with Crippen LogP contribution in [-0.4, -0.2) is 19.9 Å². The first kappa shape index (κ1) is 14.5. The van der Waals surface area contributed by atoms with E-state index in [1.54, 1.807) is 0 Å². The van der Waals surface area contributed by atoms with Crippen molar-refractivity contribution in [3.8, 4) is 0 Å². The molecule has 1 aromatic heterocycles. The smallest absolute Gasteiger partial charge is 0.158 e. The number of hydrogen-bond donors (Lipinski definition) is 1. The van der Waals surface area contributed by atoms with Crippen LogP contribution in [0.1, 0.15) is 76.4 Å². The molecule has 108 valence electrons. The molecule has 4 heteroatoms. The Labute approximate surface area is 116 Å². The molecule has 2 rings (SSSR count). The van der Waals surface area contributed by atoms with Gasteiger partial charge in [0.05, 0.1) is 0 Å². The van der Waals surface area contributed by atoms with Crippen molar-refractivity contribution in [2.45, 2.75) is 77.9 Å². The number of nitrogens with zero attached hydrogens (tertiary/aromatic N) is 3. The summed E-state index contributed by atoms with van der Waals surface area (Å²) in [6, 6.07) is 0. The van der Waals surface area contributed by atoms with E-state index in [0.717, 1.165) is 18.2 Å². The fraction of sp³-hybridized carbons (Fsp3) is 0.867. The van der Waals surface area contributed by atoms with Crippen molar-refractivity contribution in [1.82, 2.24) is 14.8 Å². The number of aliphatic hydroxyl groups is 1. The molecular formula is C15H27N3O. The van der Waals surface area contributed by atoms with Crippen LogP contribution in [0.5, 0.6) is 0 Å². The Hall–Kier alpha value is -0.900. The van der Waals surface area contributed by atoms with Crippen LogP contribution >= 0.6 is 0 Å². The molecule has 0 spiro atoms. The van der Waals surface area contributed by atoms with Gasteiger partial charge in [0, 0.05) is 12.5 Å². The maximum Gasteiger partial charge on any atom is 0.158 e. The third kappa shape index (κ3) is 3.78. The molecule has 1 fully saturated rings. The van der Waals surface area contributed by atoms with Gasteiger partial charge in [-0.15, -0.1) is 10.2 Å². The summed E-state index contributed by atoms with van der Waals surface area (Å²) in [4.78, 5) is 0. The van der Waals surface area contributed by atoms with Crippen molar-refractivity contribution in [1.29, 1.82) is 0 Å². The largest absolute Gasteiger partial charge is 0.388 e. The standard InChI is InChI=1S/C15H27N3O/c1-12(2)10-18-14(11-19)16-17-15(18)13-8-6-4-3-5-7-9-13/h12-13,19H,3-11H2,1-2H3. The second-order valence-electron chi connectivity index (χ2n) is 6.18. The average molecular weight is 265 g/mol. The van der Waals surface area contributed by atoms with Gasteiger partial charge in [-0.1, -0.05) is 46.0 Å². The van der Waals surface area contributed by atoms with E-state index in [-0.39, 0.29) is 6.61 Å². The van der Waals surface area contributed by atoms with Crippen molar-refractivity contribution < 1.29 is 5.11 Å². The molecule has 0 amide bonds. The van der Waals surface area contributed by atoms with Crippen molar-refractivity contribution in [2.24, 2.45) is 5.92 Å². The van der Waals surface area contributed by atoms with Gasteiger partial charge in [-0.25, -0.2) is 0 Å². The first-order valence-corrected chi connectivity index (χ1v) is 7.75. The molecule has 1 aliphatic rings. The normalized spacial score (nSPS) is 18.5. The summed E-state index contributed by atoms with van der Waals surface area (Å²) in [7, 11) is 0. The first-order chi connectivity index (χ1) is 9.22. The molecule has 0 saturated heterocycles. The van der Waals surface area contributed by atoms with Gasteiger partial charge in [0.2, 0.25) is 0 Å². The van der Waals surface area contributed by atoms with Crippen molar-refractivity contribution in [3.05, 3.63) is 11.6 Å². The second kappa shape index (κ2) is 7.04. The molecule has 4 nitrogen and oxygen atoms in total. The van der Waals surface area contributed by atoms with Crippen LogP contribution in [-0.2, 0) is 13.2 Å². The Kier molecular flexibility index (Phi) is 5.37. The number of aromatic nitrogens is 3. The van der Waals surface area contributed by atoms with Gasteiger partial charge in [-0.2, -0.15) is 0 Å². The number of hydrogen-bond acceptors (Lipinski definition) is 3. The number of rotatable bonds is 4. The lowest BCUT2D eigenvalue weighted by molar-refractivity contribution is 0.261. The van der Waals surface area contributed by atoms with E-state index in [2.05, 4.69) is 28.6 Å². The zero-order valence-corrected chi connectivity index (χ0v) is 12.3. The van der Waals surface area contributed by atoms with E-state index in [1.807, 2.05) is 0 Å². The molecule has 1 heterocycles. The van der Waals surface area contributed by atoms with Gasteiger partial charge in [-0.3, -0.25) is 0 Å². The molecule has 0 atom stereocenters. The summed E-state index contributed by atoms with van der Waals surface area (Å²) in [5.41, 5.74) is 0. The van der Waals surface area contributed by atoms with Crippen LogP contribution in [0.3, 0.4) is 0 Å². The molecule has 0 aliphatic heterocycles. The Morgan fingerprint density at radius 1 is 1.11 bits per heavy atom. The summed E-state index contributed by atoms with van der Waals surface area (Å²) in [6.07, 6.45) is 9.13. The number of aliphatic hydroxyl groups excluding tert-OH is 1. The second-order valence-corrected chi connectivity index (χ2v) is 6.18. The van der Waals surface area contributed by atoms with Gasteiger partial charge < -0.3 is 9.67 Å². The van der Waals surface area contributed by atoms with Crippen LogP contribution in [0.2, 0.25) is 0 Å². The third-order valence-electron chi connectivity index (χ3n) is 4.02. The summed E-state index contributed by atoms with van der Waals surface area (Å²) in [5.74, 6) is 2.92. The van der Waals surface area contributed by atoms with E-state index in [9.17, 15) is 5.11 Å². The summed E-state index contributed by atoms with van der Waals surface area (Å²) in [5, 5.41) is 18.0. The van der Waals surface area contributed by atoms with Crippen LogP contribution in [0.15, 0.2) is 0 Å². The van der Waals surface area contributed by atoms with Crippen LogP contribution in [0, 0.1) is 5.92 Å². The Balaban J connectivity index is 2.18. The first-order valence-electron chi connectivity index (χ1n) is 7.75. The van der Waals surface area contributed by atoms with Crippen molar-refractivity contribution in [3.63, 3.8) is 0 Å². The molecule has 1 aromatic rings. The molecular weight excluding hydrogens is 238 g/mol. The highest BCUT2D eigenvalue weighted by Crippen LogP contribution is 2.30. The topological polar surface area (TPSA) is 50.9 Å². The minimum absolute atomic E-state index is 0.00750. The fourth-order valence-electron chi connectivity index (χ4n) is 3.05. The predicted molar refractivity (Wildman–Crippen MR) is 75.8 cm³/mol. The zero-order chi connectivity index (χ0) is 13.7. The van der Waals surface area contributed by atoms with E-state index in [0.29, 0.717) is 11.8 Å². The SMILES string of the molecule is CC(C)Cn1c(CO)nnc1C1CCCCCCC1. The highest BCUT2D eigenvalue weighted by Gasteiger charge is 2.22. The monoisotopic (exact) mass is 265 g/mol. The fourth-order valence-corrected chi connectivity index (χ4v) is 3.05. The molecule has 0 bridgehead atoms. The minimum Gasteiger partial charge on any atom is -0.388 e. The van der Waals surface area contributed by atoms with E-state index >= 15 is 0 Å². The average Bonchev–Trinajstić information content (AvgIpc) is 2.71.